The van der Waals surface area contributed by atoms with E-state index in [2.05, 4.69) is 10.3 Å². The van der Waals surface area contributed by atoms with E-state index in [4.69, 9.17) is 0 Å². The highest BCUT2D eigenvalue weighted by molar-refractivity contribution is 5.48. The Morgan fingerprint density at radius 1 is 1.53 bits per heavy atom. The second-order valence-corrected chi connectivity index (χ2v) is 4.33. The van der Waals surface area contributed by atoms with Crippen LogP contribution in [0.5, 0.6) is 0 Å². The first-order valence-electron chi connectivity index (χ1n) is 5.60. The lowest BCUT2D eigenvalue weighted by Gasteiger charge is -2.16. The summed E-state index contributed by atoms with van der Waals surface area (Å²) in [6.07, 6.45) is 6.79. The molecular weight excluding hydrogens is 188 g/mol. The third-order valence-corrected chi connectivity index (χ3v) is 3.19. The van der Waals surface area contributed by atoms with Crippen molar-refractivity contribution < 1.29 is 5.11 Å². The van der Waals surface area contributed by atoms with Gasteiger partial charge in [-0.1, -0.05) is 6.42 Å². The summed E-state index contributed by atoms with van der Waals surface area (Å²) in [6.45, 7) is 2.91. The summed E-state index contributed by atoms with van der Waals surface area (Å²) < 4.78 is 0. The molecule has 0 bridgehead atoms. The number of aryl methyl sites for hydroxylation is 1. The van der Waals surface area contributed by atoms with Gasteiger partial charge in [-0.25, -0.2) is 0 Å². The third kappa shape index (κ3) is 2.48. The van der Waals surface area contributed by atoms with Crippen LogP contribution in [0.15, 0.2) is 18.5 Å². The van der Waals surface area contributed by atoms with Crippen LogP contribution in [-0.4, -0.2) is 22.7 Å². The van der Waals surface area contributed by atoms with Crippen LogP contribution >= 0.6 is 0 Å². The van der Waals surface area contributed by atoms with Crippen molar-refractivity contribution in [1.29, 1.82) is 0 Å². The van der Waals surface area contributed by atoms with Crippen molar-refractivity contribution in [3.05, 3.63) is 24.0 Å². The third-order valence-electron chi connectivity index (χ3n) is 3.19. The quantitative estimate of drug-likeness (QED) is 0.794. The molecular formula is C12H18N2O. The molecule has 3 nitrogen and oxygen atoms in total. The summed E-state index contributed by atoms with van der Waals surface area (Å²) in [7, 11) is 0. The minimum atomic E-state index is -0.111. The SMILES string of the molecule is Cc1cnccc1NCC1CCCC1O. The summed E-state index contributed by atoms with van der Waals surface area (Å²) in [5.41, 5.74) is 2.29. The molecule has 0 aliphatic heterocycles. The first-order valence-corrected chi connectivity index (χ1v) is 5.60. The fourth-order valence-corrected chi connectivity index (χ4v) is 2.17. The molecule has 0 amide bonds. The summed E-state index contributed by atoms with van der Waals surface area (Å²) in [5.74, 6) is 0.414. The van der Waals surface area contributed by atoms with Crippen LogP contribution in [0.3, 0.4) is 0 Å². The molecule has 0 aromatic carbocycles. The van der Waals surface area contributed by atoms with Crippen molar-refractivity contribution in [3.8, 4) is 0 Å². The van der Waals surface area contributed by atoms with E-state index in [1.807, 2.05) is 19.2 Å². The fourth-order valence-electron chi connectivity index (χ4n) is 2.17. The fraction of sp³-hybridized carbons (Fsp3) is 0.583. The van der Waals surface area contributed by atoms with Gasteiger partial charge in [-0.15, -0.1) is 0 Å². The number of aliphatic hydroxyl groups is 1. The topological polar surface area (TPSA) is 45.2 Å². The number of anilines is 1. The summed E-state index contributed by atoms with van der Waals surface area (Å²) in [6, 6.07) is 1.98. The molecule has 1 saturated carbocycles. The minimum Gasteiger partial charge on any atom is -0.393 e. The second-order valence-electron chi connectivity index (χ2n) is 4.33. The molecule has 2 unspecified atom stereocenters. The Kier molecular flexibility index (Phi) is 3.21. The predicted octanol–water partition coefficient (Wildman–Crippen LogP) is 1.96. The maximum atomic E-state index is 9.68. The maximum Gasteiger partial charge on any atom is 0.0585 e. The average Bonchev–Trinajstić information content (AvgIpc) is 2.63. The zero-order chi connectivity index (χ0) is 10.7. The molecule has 1 aliphatic carbocycles. The molecule has 0 radical (unpaired) electrons. The van der Waals surface area contributed by atoms with Crippen molar-refractivity contribution in [3.63, 3.8) is 0 Å². The van der Waals surface area contributed by atoms with E-state index >= 15 is 0 Å². The summed E-state index contributed by atoms with van der Waals surface area (Å²) in [5, 5.41) is 13.1. The highest BCUT2D eigenvalue weighted by Gasteiger charge is 2.24. The van der Waals surface area contributed by atoms with Crippen molar-refractivity contribution >= 4 is 5.69 Å². The van der Waals surface area contributed by atoms with Crippen LogP contribution < -0.4 is 5.32 Å². The highest BCUT2D eigenvalue weighted by atomic mass is 16.3. The lowest BCUT2D eigenvalue weighted by molar-refractivity contribution is 0.138. The first-order chi connectivity index (χ1) is 7.27. The van der Waals surface area contributed by atoms with Crippen molar-refractivity contribution in [2.45, 2.75) is 32.3 Å². The standard InChI is InChI=1S/C12H18N2O/c1-9-7-13-6-5-11(9)14-8-10-3-2-4-12(10)15/h5-7,10,12,15H,2-4,8H2,1H3,(H,13,14). The molecule has 1 heterocycles. The van der Waals surface area contributed by atoms with E-state index in [0.29, 0.717) is 5.92 Å². The molecule has 1 fully saturated rings. The van der Waals surface area contributed by atoms with Crippen molar-refractivity contribution in [2.75, 3.05) is 11.9 Å². The molecule has 82 valence electrons. The van der Waals surface area contributed by atoms with Crippen LogP contribution in [0.25, 0.3) is 0 Å². The predicted molar refractivity (Wildman–Crippen MR) is 60.8 cm³/mol. The Hall–Kier alpha value is -1.09. The van der Waals surface area contributed by atoms with Gasteiger partial charge in [0.15, 0.2) is 0 Å². The molecule has 1 aliphatic rings. The number of pyridine rings is 1. The van der Waals surface area contributed by atoms with Gasteiger partial charge in [-0.3, -0.25) is 4.98 Å². The Morgan fingerprint density at radius 2 is 2.40 bits per heavy atom. The Bertz CT molecular complexity index is 327. The summed E-state index contributed by atoms with van der Waals surface area (Å²) in [4.78, 5) is 4.05. The number of hydrogen-bond donors (Lipinski definition) is 2. The molecule has 0 spiro atoms. The highest BCUT2D eigenvalue weighted by Crippen LogP contribution is 2.26. The zero-order valence-electron chi connectivity index (χ0n) is 9.11. The van der Waals surface area contributed by atoms with E-state index < -0.39 is 0 Å². The summed E-state index contributed by atoms with van der Waals surface area (Å²) >= 11 is 0. The van der Waals surface area contributed by atoms with Crippen molar-refractivity contribution in [2.24, 2.45) is 5.92 Å². The zero-order valence-corrected chi connectivity index (χ0v) is 9.11. The Labute approximate surface area is 90.5 Å². The number of nitrogens with one attached hydrogen (secondary N) is 1. The first kappa shape index (κ1) is 10.4. The molecule has 1 aromatic heterocycles. The van der Waals surface area contributed by atoms with E-state index in [9.17, 15) is 5.11 Å². The van der Waals surface area contributed by atoms with Gasteiger partial charge in [0.2, 0.25) is 0 Å². The smallest absolute Gasteiger partial charge is 0.0585 e. The van der Waals surface area contributed by atoms with Gasteiger partial charge in [0.05, 0.1) is 6.10 Å². The molecule has 2 N–H and O–H groups in total. The van der Waals surface area contributed by atoms with Crippen LogP contribution in [-0.2, 0) is 0 Å². The van der Waals surface area contributed by atoms with E-state index in [-0.39, 0.29) is 6.10 Å². The molecule has 2 atom stereocenters. The number of nitrogens with zero attached hydrogens (tertiary/aromatic N) is 1. The van der Waals surface area contributed by atoms with E-state index in [1.54, 1.807) is 6.20 Å². The molecule has 1 aromatic rings. The van der Waals surface area contributed by atoms with Gasteiger partial charge in [0.25, 0.3) is 0 Å². The van der Waals surface area contributed by atoms with E-state index in [1.165, 1.54) is 0 Å². The van der Waals surface area contributed by atoms with Gasteiger partial charge < -0.3 is 10.4 Å². The average molecular weight is 206 g/mol. The largest absolute Gasteiger partial charge is 0.393 e. The monoisotopic (exact) mass is 206 g/mol. The van der Waals surface area contributed by atoms with E-state index in [0.717, 1.165) is 37.1 Å². The van der Waals surface area contributed by atoms with Crippen LogP contribution in [0, 0.1) is 12.8 Å². The number of hydrogen-bond acceptors (Lipinski definition) is 3. The van der Waals surface area contributed by atoms with Crippen LogP contribution in [0.2, 0.25) is 0 Å². The number of aromatic nitrogens is 1. The molecule has 15 heavy (non-hydrogen) atoms. The van der Waals surface area contributed by atoms with Gasteiger partial charge >= 0.3 is 0 Å². The molecule has 3 heteroatoms. The van der Waals surface area contributed by atoms with Gasteiger partial charge in [-0.2, -0.15) is 0 Å². The number of aliphatic hydroxyl groups excluding tert-OH is 1. The van der Waals surface area contributed by atoms with Crippen LogP contribution in [0.1, 0.15) is 24.8 Å². The van der Waals surface area contributed by atoms with Gasteiger partial charge in [0.1, 0.15) is 0 Å². The Morgan fingerprint density at radius 3 is 3.07 bits per heavy atom. The minimum absolute atomic E-state index is 0.111. The lowest BCUT2D eigenvalue weighted by atomic mass is 10.1. The van der Waals surface area contributed by atoms with Crippen LogP contribution in [0.4, 0.5) is 5.69 Å². The number of rotatable bonds is 3. The normalized spacial score (nSPS) is 25.5. The second kappa shape index (κ2) is 4.62. The molecule has 0 saturated heterocycles. The van der Waals surface area contributed by atoms with Gasteiger partial charge in [0, 0.05) is 30.5 Å². The maximum absolute atomic E-state index is 9.68. The lowest BCUT2D eigenvalue weighted by Crippen LogP contribution is -2.22. The van der Waals surface area contributed by atoms with Crippen molar-refractivity contribution in [1.82, 2.24) is 4.98 Å². The Balaban J connectivity index is 1.90. The molecule has 2 rings (SSSR count). The van der Waals surface area contributed by atoms with Gasteiger partial charge in [-0.05, 0) is 31.4 Å².